The zero-order chi connectivity index (χ0) is 22.6. The molecule has 0 heterocycles. The Morgan fingerprint density at radius 3 is 2.19 bits per heavy atom. The third kappa shape index (κ3) is 7.73. The van der Waals surface area contributed by atoms with Gasteiger partial charge in [0.25, 0.3) is 0 Å². The Labute approximate surface area is 193 Å². The number of carbonyl (C=O) groups excluding carboxylic acids is 2. The normalized spacial score (nSPS) is 12.6. The Bertz CT molecular complexity index is 812. The minimum Gasteiger partial charge on any atom is -0.464 e. The number of hydrogen-bond donors (Lipinski definition) is 2. The first kappa shape index (κ1) is 25.0. The molecule has 0 saturated carbocycles. The Hall–Kier alpha value is -2.28. The highest BCUT2D eigenvalue weighted by molar-refractivity contribution is 6.18. The molecule has 0 aliphatic rings. The van der Waals surface area contributed by atoms with Crippen molar-refractivity contribution in [2.24, 2.45) is 0 Å². The zero-order valence-electron chi connectivity index (χ0n) is 17.5. The predicted molar refractivity (Wildman–Crippen MR) is 124 cm³/mol. The average molecular weight is 467 g/mol. The highest BCUT2D eigenvalue weighted by Gasteiger charge is 2.30. The molecule has 8 heteroatoms. The number of aliphatic hydroxyl groups excluding tert-OH is 1. The van der Waals surface area contributed by atoms with E-state index in [0.717, 1.165) is 11.3 Å². The van der Waals surface area contributed by atoms with Gasteiger partial charge >= 0.3 is 5.97 Å². The van der Waals surface area contributed by atoms with Gasteiger partial charge < -0.3 is 20.1 Å². The molecule has 0 bridgehead atoms. The SMILES string of the molecule is CCOC(=O)C(NC(=O)Cc1ccc(N(CCCl)CCCl)cc1)C(O)c1ccccc1. The van der Waals surface area contributed by atoms with E-state index in [4.69, 9.17) is 27.9 Å². The molecule has 1 amide bonds. The fourth-order valence-corrected chi connectivity index (χ4v) is 3.56. The summed E-state index contributed by atoms with van der Waals surface area (Å²) in [7, 11) is 0. The lowest BCUT2D eigenvalue weighted by Gasteiger charge is -2.24. The number of ether oxygens (including phenoxy) is 1. The van der Waals surface area contributed by atoms with Crippen molar-refractivity contribution in [1.82, 2.24) is 5.32 Å². The molecule has 2 aromatic rings. The molecule has 0 aromatic heterocycles. The minimum absolute atomic E-state index is 0.0582. The summed E-state index contributed by atoms with van der Waals surface area (Å²) in [6.07, 6.45) is -1.16. The summed E-state index contributed by atoms with van der Waals surface area (Å²) in [6.45, 7) is 3.17. The average Bonchev–Trinajstić information content (AvgIpc) is 2.78. The maximum absolute atomic E-state index is 12.6. The molecule has 0 spiro atoms. The lowest BCUT2D eigenvalue weighted by molar-refractivity contribution is -0.150. The topological polar surface area (TPSA) is 78.9 Å². The third-order valence-corrected chi connectivity index (χ3v) is 5.03. The minimum atomic E-state index is -1.22. The Morgan fingerprint density at radius 2 is 1.65 bits per heavy atom. The van der Waals surface area contributed by atoms with E-state index in [9.17, 15) is 14.7 Å². The zero-order valence-corrected chi connectivity index (χ0v) is 19.0. The van der Waals surface area contributed by atoms with Crippen LogP contribution in [0.4, 0.5) is 5.69 Å². The van der Waals surface area contributed by atoms with Crippen LogP contribution in [-0.2, 0) is 20.7 Å². The summed E-state index contributed by atoms with van der Waals surface area (Å²) in [4.78, 5) is 27.0. The first-order valence-electron chi connectivity index (χ1n) is 10.1. The standard InChI is InChI=1S/C23H28Cl2N2O4/c1-2-31-23(30)21(22(29)18-6-4-3-5-7-18)26-20(28)16-17-8-10-19(11-9-17)27(14-12-24)15-13-25/h3-11,21-22,29H,2,12-16H2,1H3,(H,26,28). The van der Waals surface area contributed by atoms with Gasteiger partial charge in [-0.25, -0.2) is 4.79 Å². The van der Waals surface area contributed by atoms with E-state index in [0.29, 0.717) is 30.4 Å². The number of carbonyl (C=O) groups is 2. The molecule has 0 radical (unpaired) electrons. The van der Waals surface area contributed by atoms with Crippen LogP contribution in [-0.4, -0.2) is 54.5 Å². The van der Waals surface area contributed by atoms with Gasteiger partial charge in [-0.1, -0.05) is 42.5 Å². The van der Waals surface area contributed by atoms with E-state index >= 15 is 0 Å². The summed E-state index contributed by atoms with van der Waals surface area (Å²) in [5.74, 6) is -0.0976. The summed E-state index contributed by atoms with van der Waals surface area (Å²) >= 11 is 11.7. The van der Waals surface area contributed by atoms with Crippen molar-refractivity contribution < 1.29 is 19.4 Å². The van der Waals surface area contributed by atoms with Crippen LogP contribution >= 0.6 is 23.2 Å². The van der Waals surface area contributed by atoms with Crippen molar-refractivity contribution in [1.29, 1.82) is 0 Å². The molecule has 31 heavy (non-hydrogen) atoms. The first-order chi connectivity index (χ1) is 15.0. The molecule has 2 unspecified atom stereocenters. The lowest BCUT2D eigenvalue weighted by atomic mass is 10.0. The molecule has 0 fully saturated rings. The number of nitrogens with zero attached hydrogens (tertiary/aromatic N) is 1. The molecule has 0 saturated heterocycles. The summed E-state index contributed by atoms with van der Waals surface area (Å²) in [6, 6.07) is 15.0. The van der Waals surface area contributed by atoms with Crippen molar-refractivity contribution >= 4 is 40.8 Å². The van der Waals surface area contributed by atoms with E-state index in [-0.39, 0.29) is 18.9 Å². The second kappa shape index (κ2) is 13.2. The molecule has 2 atom stereocenters. The van der Waals surface area contributed by atoms with Crippen molar-refractivity contribution in [3.8, 4) is 0 Å². The van der Waals surface area contributed by atoms with Crippen LogP contribution in [0.3, 0.4) is 0 Å². The van der Waals surface area contributed by atoms with Crippen molar-refractivity contribution in [2.45, 2.75) is 25.5 Å². The Morgan fingerprint density at radius 1 is 1.03 bits per heavy atom. The molecule has 168 valence electrons. The molecule has 2 aromatic carbocycles. The molecular formula is C23H28Cl2N2O4. The fraction of sp³-hybridized carbons (Fsp3) is 0.391. The molecule has 2 N–H and O–H groups in total. The third-order valence-electron chi connectivity index (χ3n) is 4.69. The fourth-order valence-electron chi connectivity index (χ4n) is 3.15. The van der Waals surface area contributed by atoms with Crippen LogP contribution in [0.15, 0.2) is 54.6 Å². The van der Waals surface area contributed by atoms with Gasteiger partial charge in [-0.3, -0.25) is 4.79 Å². The largest absolute Gasteiger partial charge is 0.464 e. The highest BCUT2D eigenvalue weighted by atomic mass is 35.5. The van der Waals surface area contributed by atoms with E-state index < -0.39 is 18.1 Å². The maximum Gasteiger partial charge on any atom is 0.331 e. The molecule has 0 aliphatic heterocycles. The van der Waals surface area contributed by atoms with Gasteiger partial charge in [0.05, 0.1) is 13.0 Å². The lowest BCUT2D eigenvalue weighted by Crippen LogP contribution is -2.46. The van der Waals surface area contributed by atoms with Crippen LogP contribution in [0, 0.1) is 0 Å². The van der Waals surface area contributed by atoms with Crippen molar-refractivity contribution in [3.05, 3.63) is 65.7 Å². The second-order valence-corrected chi connectivity index (χ2v) is 7.62. The van der Waals surface area contributed by atoms with Crippen LogP contribution < -0.4 is 10.2 Å². The number of amides is 1. The number of hydrogen-bond acceptors (Lipinski definition) is 5. The predicted octanol–water partition coefficient (Wildman–Crippen LogP) is 3.29. The Kier molecular flexibility index (Phi) is 10.6. The quantitative estimate of drug-likeness (QED) is 0.370. The molecular weight excluding hydrogens is 439 g/mol. The second-order valence-electron chi connectivity index (χ2n) is 6.86. The van der Waals surface area contributed by atoms with Crippen LogP contribution in [0.1, 0.15) is 24.2 Å². The van der Waals surface area contributed by atoms with Crippen molar-refractivity contribution in [3.63, 3.8) is 0 Å². The van der Waals surface area contributed by atoms with Gasteiger partial charge in [-0.15, -0.1) is 23.2 Å². The summed E-state index contributed by atoms with van der Waals surface area (Å²) in [5.41, 5.74) is 2.26. The number of anilines is 1. The number of nitrogens with one attached hydrogen (secondary N) is 1. The van der Waals surface area contributed by atoms with E-state index in [1.165, 1.54) is 0 Å². The van der Waals surface area contributed by atoms with Gasteiger partial charge in [0.15, 0.2) is 6.04 Å². The maximum atomic E-state index is 12.6. The Balaban J connectivity index is 2.07. The van der Waals surface area contributed by atoms with Crippen LogP contribution in [0.5, 0.6) is 0 Å². The number of esters is 1. The van der Waals surface area contributed by atoms with E-state index in [1.807, 2.05) is 24.3 Å². The summed E-state index contributed by atoms with van der Waals surface area (Å²) in [5, 5.41) is 13.3. The summed E-state index contributed by atoms with van der Waals surface area (Å²) < 4.78 is 5.05. The monoisotopic (exact) mass is 466 g/mol. The van der Waals surface area contributed by atoms with E-state index in [2.05, 4.69) is 10.2 Å². The molecule has 2 rings (SSSR count). The van der Waals surface area contributed by atoms with Crippen LogP contribution in [0.2, 0.25) is 0 Å². The number of rotatable bonds is 12. The van der Waals surface area contributed by atoms with E-state index in [1.54, 1.807) is 37.3 Å². The van der Waals surface area contributed by atoms with Gasteiger partial charge in [-0.2, -0.15) is 0 Å². The number of halogens is 2. The van der Waals surface area contributed by atoms with Gasteiger partial charge in [0.2, 0.25) is 5.91 Å². The molecule has 6 nitrogen and oxygen atoms in total. The van der Waals surface area contributed by atoms with Gasteiger partial charge in [-0.05, 0) is 30.2 Å². The van der Waals surface area contributed by atoms with Crippen LogP contribution in [0.25, 0.3) is 0 Å². The van der Waals surface area contributed by atoms with Crippen molar-refractivity contribution in [2.75, 3.05) is 36.4 Å². The van der Waals surface area contributed by atoms with Gasteiger partial charge in [0.1, 0.15) is 6.10 Å². The highest BCUT2D eigenvalue weighted by Crippen LogP contribution is 2.19. The number of alkyl halides is 2. The number of aliphatic hydroxyl groups is 1. The molecule has 0 aliphatic carbocycles. The smallest absolute Gasteiger partial charge is 0.331 e. The van der Waals surface area contributed by atoms with Gasteiger partial charge in [0, 0.05) is 30.5 Å². The number of benzene rings is 2. The first-order valence-corrected chi connectivity index (χ1v) is 11.2.